The van der Waals surface area contributed by atoms with E-state index in [2.05, 4.69) is 204 Å². The average Bonchev–Trinajstić information content (AvgIpc) is 3.94. The highest BCUT2D eigenvalue weighted by Gasteiger charge is 2.24. The van der Waals surface area contributed by atoms with Crippen LogP contribution in [0.1, 0.15) is 0 Å². The summed E-state index contributed by atoms with van der Waals surface area (Å²) < 4.78 is 11.8. The summed E-state index contributed by atoms with van der Waals surface area (Å²) in [6, 6.07) is 70.3. The van der Waals surface area contributed by atoms with Gasteiger partial charge in [-0.3, -0.25) is 0 Å². The first-order valence-electron chi connectivity index (χ1n) is 19.0. The number of furan rings is 1. The van der Waals surface area contributed by atoms with Gasteiger partial charge in [0, 0.05) is 58.7 Å². The van der Waals surface area contributed by atoms with Crippen LogP contribution in [0.3, 0.4) is 0 Å². The molecule has 9 aromatic carbocycles. The fraction of sp³-hybridized carbons (Fsp3) is 0. The van der Waals surface area contributed by atoms with E-state index >= 15 is 0 Å². The molecule has 12 aromatic rings. The van der Waals surface area contributed by atoms with Crippen molar-refractivity contribution >= 4 is 103 Å². The number of hydrogen-bond donors (Lipinski definition) is 0. The Morgan fingerprint density at radius 2 is 1.12 bits per heavy atom. The van der Waals surface area contributed by atoms with Crippen LogP contribution in [0.4, 0.5) is 17.1 Å². The van der Waals surface area contributed by atoms with Gasteiger partial charge >= 0.3 is 0 Å². The summed E-state index contributed by atoms with van der Waals surface area (Å²) in [5.74, 6) is 0. The normalized spacial score (nSPS) is 11.9. The molecule has 0 atom stereocenters. The van der Waals surface area contributed by atoms with Crippen molar-refractivity contribution in [3.63, 3.8) is 0 Å². The summed E-state index contributed by atoms with van der Waals surface area (Å²) in [6.45, 7) is 0. The van der Waals surface area contributed by atoms with E-state index in [1.807, 2.05) is 11.3 Å². The summed E-state index contributed by atoms with van der Waals surface area (Å²) in [4.78, 5) is 2.44. The second-order valence-electron chi connectivity index (χ2n) is 14.5. The Balaban J connectivity index is 1.14. The number of rotatable bonds is 5. The molecule has 0 radical (unpaired) electrons. The second-order valence-corrected chi connectivity index (χ2v) is 15.6. The summed E-state index contributed by atoms with van der Waals surface area (Å²) in [5, 5.41) is 9.53. The minimum Gasteiger partial charge on any atom is -0.455 e. The lowest BCUT2D eigenvalue weighted by atomic mass is 9.99. The molecular formula is C52H32N2OS. The van der Waals surface area contributed by atoms with Crippen LogP contribution in [0.15, 0.2) is 199 Å². The SMILES string of the molecule is c1cc(N(c2ccccc2-c2ccc3sc4ccccc4c3c2)c2cccc3oc4c5ccccc5ccc4c23)cc(-n2c3ccccc3c3ccccc32)c1. The molecule has 3 aromatic heterocycles. The quantitative estimate of drug-likeness (QED) is 0.176. The zero-order valence-electron chi connectivity index (χ0n) is 30.2. The van der Waals surface area contributed by atoms with E-state index in [0.717, 1.165) is 61.0 Å². The zero-order valence-corrected chi connectivity index (χ0v) is 31.0. The Morgan fingerprint density at radius 1 is 0.446 bits per heavy atom. The molecule has 0 unspecified atom stereocenters. The van der Waals surface area contributed by atoms with Gasteiger partial charge in [-0.05, 0) is 83.7 Å². The van der Waals surface area contributed by atoms with Crippen LogP contribution in [0.5, 0.6) is 0 Å². The van der Waals surface area contributed by atoms with Crippen LogP contribution in [0.25, 0.3) is 91.5 Å². The zero-order chi connectivity index (χ0) is 36.7. The first kappa shape index (κ1) is 31.2. The van der Waals surface area contributed by atoms with Gasteiger partial charge in [0.05, 0.1) is 27.8 Å². The van der Waals surface area contributed by atoms with Crippen LogP contribution < -0.4 is 4.90 Å². The summed E-state index contributed by atoms with van der Waals surface area (Å²) >= 11 is 1.85. The molecule has 0 amide bonds. The molecule has 0 aliphatic rings. The van der Waals surface area contributed by atoms with Gasteiger partial charge in [-0.1, -0.05) is 121 Å². The average molecular weight is 733 g/mol. The van der Waals surface area contributed by atoms with E-state index in [-0.39, 0.29) is 0 Å². The molecule has 0 spiro atoms. The number of benzene rings is 9. The van der Waals surface area contributed by atoms with Crippen LogP contribution in [-0.2, 0) is 0 Å². The molecule has 0 saturated heterocycles. The van der Waals surface area contributed by atoms with Gasteiger partial charge in [0.2, 0.25) is 0 Å². The third-order valence-corrected chi connectivity index (χ3v) is 12.5. The molecule has 56 heavy (non-hydrogen) atoms. The fourth-order valence-corrected chi connectivity index (χ4v) is 9.99. The predicted molar refractivity (Wildman–Crippen MR) is 239 cm³/mol. The maximum absolute atomic E-state index is 6.77. The lowest BCUT2D eigenvalue weighted by Gasteiger charge is -2.29. The summed E-state index contributed by atoms with van der Waals surface area (Å²) in [5.41, 5.74) is 10.8. The lowest BCUT2D eigenvalue weighted by Crippen LogP contribution is -2.12. The Labute approximate surface area is 326 Å². The van der Waals surface area contributed by atoms with Gasteiger partial charge in [-0.25, -0.2) is 0 Å². The Hall–Kier alpha value is -7.14. The second kappa shape index (κ2) is 12.2. The minimum absolute atomic E-state index is 0.862. The fourth-order valence-electron chi connectivity index (χ4n) is 8.91. The van der Waals surface area contributed by atoms with Gasteiger partial charge in [-0.15, -0.1) is 11.3 Å². The molecule has 0 saturated carbocycles. The van der Waals surface area contributed by atoms with Crippen LogP contribution in [0, 0.1) is 0 Å². The minimum atomic E-state index is 0.862. The molecule has 0 aliphatic heterocycles. The number of thiophene rings is 1. The summed E-state index contributed by atoms with van der Waals surface area (Å²) in [7, 11) is 0. The number of aromatic nitrogens is 1. The topological polar surface area (TPSA) is 21.3 Å². The van der Waals surface area contributed by atoms with Crippen molar-refractivity contribution in [1.29, 1.82) is 0 Å². The Bertz CT molecular complexity index is 3460. The maximum atomic E-state index is 6.77. The number of hydrogen-bond acceptors (Lipinski definition) is 3. The van der Waals surface area contributed by atoms with E-state index in [4.69, 9.17) is 4.42 Å². The Kier molecular flexibility index (Phi) is 6.80. The molecular weight excluding hydrogens is 701 g/mol. The number of nitrogens with zero attached hydrogens (tertiary/aromatic N) is 2. The maximum Gasteiger partial charge on any atom is 0.143 e. The van der Waals surface area contributed by atoms with Crippen molar-refractivity contribution in [2.75, 3.05) is 4.90 Å². The van der Waals surface area contributed by atoms with Gasteiger partial charge in [-0.2, -0.15) is 0 Å². The van der Waals surface area contributed by atoms with Crippen molar-refractivity contribution < 1.29 is 4.42 Å². The van der Waals surface area contributed by atoms with E-state index in [1.54, 1.807) is 0 Å². The molecule has 0 fully saturated rings. The smallest absolute Gasteiger partial charge is 0.143 e. The third kappa shape index (κ3) is 4.63. The Morgan fingerprint density at radius 3 is 1.98 bits per heavy atom. The monoisotopic (exact) mass is 732 g/mol. The van der Waals surface area contributed by atoms with Crippen molar-refractivity contribution in [1.82, 2.24) is 4.57 Å². The van der Waals surface area contributed by atoms with Gasteiger partial charge < -0.3 is 13.9 Å². The molecule has 0 N–H and O–H groups in total. The number of para-hydroxylation sites is 3. The summed E-state index contributed by atoms with van der Waals surface area (Å²) in [6.07, 6.45) is 0. The van der Waals surface area contributed by atoms with Crippen LogP contribution in [0.2, 0.25) is 0 Å². The standard InChI is InChI=1S/C52H32N2OS/c1-2-17-38-33(13-1)27-29-42-51-47(24-12-25-48(51)55-52(38)42)54(36-15-11-14-35(32-36)53-45-22-8-4-18-39(45)40-19-5-9-23-46(40)53)44-21-7-3-16-37(44)34-28-30-50-43(31-34)41-20-6-10-26-49(41)56-50/h1-32H. The highest BCUT2D eigenvalue weighted by molar-refractivity contribution is 7.25. The van der Waals surface area contributed by atoms with E-state index in [1.165, 1.54) is 47.5 Å². The number of fused-ring (bicyclic) bond motifs is 11. The first-order chi connectivity index (χ1) is 27.8. The van der Waals surface area contributed by atoms with Crippen molar-refractivity contribution in [2.45, 2.75) is 0 Å². The lowest BCUT2D eigenvalue weighted by molar-refractivity contribution is 0.672. The molecule has 0 aliphatic carbocycles. The highest BCUT2D eigenvalue weighted by Crippen LogP contribution is 2.48. The molecule has 12 rings (SSSR count). The molecule has 262 valence electrons. The van der Waals surface area contributed by atoms with Crippen molar-refractivity contribution in [2.24, 2.45) is 0 Å². The van der Waals surface area contributed by atoms with Crippen LogP contribution >= 0.6 is 11.3 Å². The largest absolute Gasteiger partial charge is 0.455 e. The molecule has 3 heterocycles. The van der Waals surface area contributed by atoms with Gasteiger partial charge in [0.1, 0.15) is 11.2 Å². The molecule has 0 bridgehead atoms. The first-order valence-corrected chi connectivity index (χ1v) is 19.8. The van der Waals surface area contributed by atoms with Crippen LogP contribution in [-0.4, -0.2) is 4.57 Å². The van der Waals surface area contributed by atoms with Gasteiger partial charge in [0.25, 0.3) is 0 Å². The molecule has 4 heteroatoms. The predicted octanol–water partition coefficient (Wildman–Crippen LogP) is 15.3. The molecule has 3 nitrogen and oxygen atoms in total. The van der Waals surface area contributed by atoms with E-state index in [0.29, 0.717) is 0 Å². The third-order valence-electron chi connectivity index (χ3n) is 11.4. The van der Waals surface area contributed by atoms with E-state index < -0.39 is 0 Å². The highest BCUT2D eigenvalue weighted by atomic mass is 32.1. The van der Waals surface area contributed by atoms with E-state index in [9.17, 15) is 0 Å². The van der Waals surface area contributed by atoms with Crippen molar-refractivity contribution in [3.8, 4) is 16.8 Å². The van der Waals surface area contributed by atoms with Crippen molar-refractivity contribution in [3.05, 3.63) is 194 Å². The van der Waals surface area contributed by atoms with Gasteiger partial charge in [0.15, 0.2) is 0 Å². The number of anilines is 3.